The Morgan fingerprint density at radius 1 is 0.833 bits per heavy atom. The topological polar surface area (TPSA) is 62.6 Å². The monoisotopic (exact) mass is 423 g/mol. The minimum Gasteiger partial charge on any atom is -0.336 e. The summed E-state index contributed by atoms with van der Waals surface area (Å²) in [6.45, 7) is 5.27. The SMILES string of the molecule is Cc1cc(C(=O)N2CCN(S(=O)(=O)c3ccccc3)CC2)c(C)n1-c1ccccc1. The molecule has 2 heterocycles. The Balaban J connectivity index is 1.51. The Kier molecular flexibility index (Phi) is 5.49. The van der Waals surface area contributed by atoms with Gasteiger partial charge in [-0.3, -0.25) is 4.79 Å². The average Bonchev–Trinajstić information content (AvgIpc) is 3.08. The largest absolute Gasteiger partial charge is 0.336 e. The summed E-state index contributed by atoms with van der Waals surface area (Å²) < 4.78 is 29.2. The van der Waals surface area contributed by atoms with Crippen molar-refractivity contribution in [1.82, 2.24) is 13.8 Å². The Morgan fingerprint density at radius 3 is 2.00 bits per heavy atom. The number of aryl methyl sites for hydroxylation is 1. The van der Waals surface area contributed by atoms with Gasteiger partial charge in [-0.1, -0.05) is 36.4 Å². The number of sulfonamides is 1. The molecule has 1 saturated heterocycles. The highest BCUT2D eigenvalue weighted by molar-refractivity contribution is 7.89. The third-order valence-electron chi connectivity index (χ3n) is 5.58. The smallest absolute Gasteiger partial charge is 0.255 e. The summed E-state index contributed by atoms with van der Waals surface area (Å²) in [5.41, 5.74) is 3.57. The fourth-order valence-electron chi connectivity index (χ4n) is 4.00. The average molecular weight is 424 g/mol. The van der Waals surface area contributed by atoms with E-state index >= 15 is 0 Å². The zero-order chi connectivity index (χ0) is 21.3. The van der Waals surface area contributed by atoms with Crippen molar-refractivity contribution in [2.45, 2.75) is 18.7 Å². The van der Waals surface area contributed by atoms with Crippen LogP contribution in [-0.2, 0) is 10.0 Å². The second-order valence-corrected chi connectivity index (χ2v) is 9.40. The molecule has 0 aliphatic carbocycles. The number of carbonyl (C=O) groups is 1. The van der Waals surface area contributed by atoms with E-state index in [0.29, 0.717) is 31.7 Å². The highest BCUT2D eigenvalue weighted by Gasteiger charge is 2.31. The lowest BCUT2D eigenvalue weighted by Crippen LogP contribution is -2.50. The van der Waals surface area contributed by atoms with Crippen LogP contribution in [0.1, 0.15) is 21.7 Å². The Morgan fingerprint density at radius 2 is 1.40 bits per heavy atom. The van der Waals surface area contributed by atoms with Crippen LogP contribution >= 0.6 is 0 Å². The third kappa shape index (κ3) is 3.66. The van der Waals surface area contributed by atoms with Crippen LogP contribution in [0.15, 0.2) is 71.6 Å². The number of hydrogen-bond acceptors (Lipinski definition) is 3. The number of nitrogens with zero attached hydrogens (tertiary/aromatic N) is 3. The highest BCUT2D eigenvalue weighted by Crippen LogP contribution is 2.23. The molecule has 6 nitrogen and oxygen atoms in total. The van der Waals surface area contributed by atoms with Gasteiger partial charge in [0.05, 0.1) is 10.5 Å². The van der Waals surface area contributed by atoms with Crippen LogP contribution in [0.5, 0.6) is 0 Å². The molecule has 1 aliphatic heterocycles. The lowest BCUT2D eigenvalue weighted by Gasteiger charge is -2.34. The normalized spacial score (nSPS) is 15.3. The molecule has 0 spiro atoms. The molecule has 0 radical (unpaired) electrons. The number of aromatic nitrogens is 1. The molecule has 1 aliphatic rings. The van der Waals surface area contributed by atoms with E-state index in [0.717, 1.165) is 17.1 Å². The molecule has 0 saturated carbocycles. The molecule has 0 bridgehead atoms. The predicted octanol–water partition coefficient (Wildman–Crippen LogP) is 3.24. The van der Waals surface area contributed by atoms with E-state index in [-0.39, 0.29) is 10.8 Å². The van der Waals surface area contributed by atoms with Crippen molar-refractivity contribution in [1.29, 1.82) is 0 Å². The maximum Gasteiger partial charge on any atom is 0.255 e. The van der Waals surface area contributed by atoms with Crippen molar-refractivity contribution in [2.75, 3.05) is 26.2 Å². The lowest BCUT2D eigenvalue weighted by atomic mass is 10.2. The van der Waals surface area contributed by atoms with E-state index in [2.05, 4.69) is 4.57 Å². The molecule has 1 fully saturated rings. The number of benzene rings is 2. The van der Waals surface area contributed by atoms with Crippen LogP contribution < -0.4 is 0 Å². The van der Waals surface area contributed by atoms with E-state index in [1.54, 1.807) is 35.2 Å². The molecule has 156 valence electrons. The molecule has 1 aromatic heterocycles. The summed E-state index contributed by atoms with van der Waals surface area (Å²) in [5, 5.41) is 0. The second-order valence-electron chi connectivity index (χ2n) is 7.47. The molecular formula is C23H25N3O3S. The van der Waals surface area contributed by atoms with Crippen molar-refractivity contribution in [3.8, 4) is 5.69 Å². The minimum atomic E-state index is -3.53. The summed E-state index contributed by atoms with van der Waals surface area (Å²) in [6, 6.07) is 20.3. The minimum absolute atomic E-state index is 0.0537. The standard InChI is InChI=1S/C23H25N3O3S/c1-18-17-22(19(2)26(18)20-9-5-3-6-10-20)23(27)24-13-15-25(16-14-24)30(28,29)21-11-7-4-8-12-21/h3-12,17H,13-16H2,1-2H3. The van der Waals surface area contributed by atoms with Gasteiger partial charge in [-0.05, 0) is 44.2 Å². The van der Waals surface area contributed by atoms with Crippen molar-refractivity contribution in [2.24, 2.45) is 0 Å². The Bertz CT molecular complexity index is 1150. The van der Waals surface area contributed by atoms with Crippen molar-refractivity contribution < 1.29 is 13.2 Å². The third-order valence-corrected chi connectivity index (χ3v) is 7.50. The molecule has 7 heteroatoms. The van der Waals surface area contributed by atoms with E-state index in [1.165, 1.54) is 4.31 Å². The van der Waals surface area contributed by atoms with Gasteiger partial charge in [-0.25, -0.2) is 8.42 Å². The van der Waals surface area contributed by atoms with Gasteiger partial charge in [0.2, 0.25) is 10.0 Å². The van der Waals surface area contributed by atoms with Crippen molar-refractivity contribution in [3.05, 3.63) is 83.7 Å². The maximum absolute atomic E-state index is 13.2. The summed E-state index contributed by atoms with van der Waals surface area (Å²) >= 11 is 0. The number of para-hydroxylation sites is 1. The highest BCUT2D eigenvalue weighted by atomic mass is 32.2. The molecule has 0 N–H and O–H groups in total. The first-order valence-corrected chi connectivity index (χ1v) is 11.4. The van der Waals surface area contributed by atoms with Gasteiger partial charge >= 0.3 is 0 Å². The first-order valence-electron chi connectivity index (χ1n) is 9.98. The van der Waals surface area contributed by atoms with Crippen LogP contribution in [0.3, 0.4) is 0 Å². The van der Waals surface area contributed by atoms with Gasteiger partial charge < -0.3 is 9.47 Å². The fourth-order valence-corrected chi connectivity index (χ4v) is 5.44. The van der Waals surface area contributed by atoms with Gasteiger partial charge in [-0.15, -0.1) is 0 Å². The molecule has 30 heavy (non-hydrogen) atoms. The van der Waals surface area contributed by atoms with Crippen LogP contribution in [0, 0.1) is 13.8 Å². The maximum atomic E-state index is 13.2. The zero-order valence-corrected chi connectivity index (χ0v) is 18.0. The number of hydrogen-bond donors (Lipinski definition) is 0. The molecule has 0 atom stereocenters. The Labute approximate surface area is 177 Å². The number of amides is 1. The first kappa shape index (κ1) is 20.4. The van der Waals surface area contributed by atoms with Crippen LogP contribution in [-0.4, -0.2) is 54.3 Å². The summed E-state index contributed by atoms with van der Waals surface area (Å²) in [5.74, 6) is -0.0537. The van der Waals surface area contributed by atoms with E-state index in [4.69, 9.17) is 0 Å². The lowest BCUT2D eigenvalue weighted by molar-refractivity contribution is 0.0697. The quantitative estimate of drug-likeness (QED) is 0.647. The number of carbonyl (C=O) groups excluding carboxylic acids is 1. The molecule has 0 unspecified atom stereocenters. The van der Waals surface area contributed by atoms with Crippen LogP contribution in [0.2, 0.25) is 0 Å². The molecule has 4 rings (SSSR count). The number of rotatable bonds is 4. The predicted molar refractivity (Wildman–Crippen MR) is 116 cm³/mol. The second kappa shape index (κ2) is 8.08. The van der Waals surface area contributed by atoms with E-state index in [9.17, 15) is 13.2 Å². The van der Waals surface area contributed by atoms with Gasteiger partial charge in [0.15, 0.2) is 0 Å². The van der Waals surface area contributed by atoms with Gasteiger partial charge in [0.25, 0.3) is 5.91 Å². The van der Waals surface area contributed by atoms with Gasteiger partial charge in [0, 0.05) is 43.3 Å². The molecular weight excluding hydrogens is 398 g/mol. The fraction of sp³-hybridized carbons (Fsp3) is 0.261. The van der Waals surface area contributed by atoms with Crippen LogP contribution in [0.4, 0.5) is 0 Å². The summed E-state index contributed by atoms with van der Waals surface area (Å²) in [7, 11) is -3.53. The molecule has 2 aromatic carbocycles. The van der Waals surface area contributed by atoms with Gasteiger partial charge in [0.1, 0.15) is 0 Å². The van der Waals surface area contributed by atoms with Gasteiger partial charge in [-0.2, -0.15) is 4.31 Å². The summed E-state index contributed by atoms with van der Waals surface area (Å²) in [4.78, 5) is 15.2. The number of piperazine rings is 1. The van der Waals surface area contributed by atoms with E-state index < -0.39 is 10.0 Å². The first-order chi connectivity index (χ1) is 14.4. The zero-order valence-electron chi connectivity index (χ0n) is 17.2. The summed E-state index contributed by atoms with van der Waals surface area (Å²) in [6.07, 6.45) is 0. The van der Waals surface area contributed by atoms with Crippen molar-refractivity contribution >= 4 is 15.9 Å². The molecule has 3 aromatic rings. The van der Waals surface area contributed by atoms with E-state index in [1.807, 2.05) is 50.2 Å². The van der Waals surface area contributed by atoms with Crippen molar-refractivity contribution in [3.63, 3.8) is 0 Å². The molecule has 1 amide bonds. The van der Waals surface area contributed by atoms with Crippen LogP contribution in [0.25, 0.3) is 5.69 Å². The Hall–Kier alpha value is -2.90.